The number of nitrogens with one attached hydrogen (secondary N) is 1. The van der Waals surface area contributed by atoms with E-state index in [1.54, 1.807) is 12.1 Å². The number of furan rings is 1. The van der Waals surface area contributed by atoms with Crippen molar-refractivity contribution < 1.29 is 9.21 Å². The van der Waals surface area contributed by atoms with Crippen LogP contribution in [0.15, 0.2) is 16.5 Å². The van der Waals surface area contributed by atoms with Crippen molar-refractivity contribution in [3.8, 4) is 0 Å². The zero-order valence-corrected chi connectivity index (χ0v) is 9.54. The van der Waals surface area contributed by atoms with Gasteiger partial charge in [0.1, 0.15) is 0 Å². The zero-order valence-electron chi connectivity index (χ0n) is 8.78. The first-order chi connectivity index (χ1) is 7.75. The van der Waals surface area contributed by atoms with E-state index in [2.05, 4.69) is 5.32 Å². The summed E-state index contributed by atoms with van der Waals surface area (Å²) in [7, 11) is 0. The van der Waals surface area contributed by atoms with Crippen LogP contribution in [0.5, 0.6) is 0 Å². The van der Waals surface area contributed by atoms with Gasteiger partial charge in [-0.2, -0.15) is 0 Å². The molecule has 5 heteroatoms. The lowest BCUT2D eigenvalue weighted by Gasteiger charge is -2.50. The highest BCUT2D eigenvalue weighted by Gasteiger charge is 2.43. The number of piperidine rings is 1. The maximum Gasteiger partial charge on any atom is 0.289 e. The van der Waals surface area contributed by atoms with Crippen LogP contribution in [0.2, 0.25) is 5.22 Å². The molecule has 1 amide bonds. The highest BCUT2D eigenvalue weighted by atomic mass is 35.5. The number of rotatable bonds is 1. The summed E-state index contributed by atoms with van der Waals surface area (Å²) in [6, 6.07) is 3.57. The van der Waals surface area contributed by atoms with Crippen LogP contribution in [0.1, 0.15) is 17.0 Å². The van der Waals surface area contributed by atoms with Crippen LogP contribution in [0.25, 0.3) is 0 Å². The molecule has 16 heavy (non-hydrogen) atoms. The molecule has 1 aromatic rings. The number of hydrogen-bond donors (Lipinski definition) is 1. The summed E-state index contributed by atoms with van der Waals surface area (Å²) >= 11 is 5.66. The van der Waals surface area contributed by atoms with Crippen molar-refractivity contribution in [2.75, 3.05) is 19.6 Å². The third kappa shape index (κ3) is 1.53. The molecule has 0 aliphatic carbocycles. The normalized spacial score (nSPS) is 28.4. The number of nitrogens with zero attached hydrogens (tertiary/aromatic N) is 1. The zero-order chi connectivity index (χ0) is 11.1. The van der Waals surface area contributed by atoms with Crippen molar-refractivity contribution in [2.45, 2.75) is 12.5 Å². The Balaban J connectivity index is 1.72. The maximum absolute atomic E-state index is 12.0. The number of fused-ring (bicyclic) bond motifs is 1. The van der Waals surface area contributed by atoms with Crippen LogP contribution in [-0.2, 0) is 0 Å². The second kappa shape index (κ2) is 3.79. The number of likely N-dealkylation sites (tertiary alicyclic amines) is 1. The lowest BCUT2D eigenvalue weighted by molar-refractivity contribution is 0.000443. The van der Waals surface area contributed by atoms with E-state index >= 15 is 0 Å². The molecule has 2 unspecified atom stereocenters. The number of carbonyl (C=O) groups is 1. The molecule has 1 aromatic heterocycles. The van der Waals surface area contributed by atoms with Gasteiger partial charge >= 0.3 is 0 Å². The van der Waals surface area contributed by atoms with E-state index in [0.29, 0.717) is 17.7 Å². The number of amides is 1. The standard InChI is InChI=1S/C11H13ClN2O2/c12-10-2-1-9(16-10)11(15)14-6-7-3-4-13-5-8(7)14/h1-2,7-8,13H,3-6H2. The first-order valence-electron chi connectivity index (χ1n) is 5.53. The SMILES string of the molecule is O=C(c1ccc(Cl)o1)N1CC2CCNCC21. The second-order valence-electron chi connectivity index (χ2n) is 4.38. The van der Waals surface area contributed by atoms with E-state index in [4.69, 9.17) is 16.0 Å². The van der Waals surface area contributed by atoms with Crippen LogP contribution >= 0.6 is 11.6 Å². The molecule has 2 atom stereocenters. The average molecular weight is 241 g/mol. The Morgan fingerprint density at radius 1 is 1.56 bits per heavy atom. The summed E-state index contributed by atoms with van der Waals surface area (Å²) in [6.07, 6.45) is 1.16. The third-order valence-corrected chi connectivity index (χ3v) is 3.67. The summed E-state index contributed by atoms with van der Waals surface area (Å²) in [5.41, 5.74) is 0. The third-order valence-electron chi connectivity index (χ3n) is 3.47. The van der Waals surface area contributed by atoms with Crippen molar-refractivity contribution in [2.24, 2.45) is 5.92 Å². The molecular weight excluding hydrogens is 228 g/mol. The first-order valence-corrected chi connectivity index (χ1v) is 5.90. The maximum atomic E-state index is 12.0. The summed E-state index contributed by atoms with van der Waals surface area (Å²) in [4.78, 5) is 13.9. The van der Waals surface area contributed by atoms with E-state index in [1.165, 1.54) is 0 Å². The molecular formula is C11H13ClN2O2. The molecule has 3 heterocycles. The largest absolute Gasteiger partial charge is 0.440 e. The number of hydrogen-bond acceptors (Lipinski definition) is 3. The van der Waals surface area contributed by atoms with Gasteiger partial charge < -0.3 is 14.6 Å². The van der Waals surface area contributed by atoms with Crippen molar-refractivity contribution in [3.63, 3.8) is 0 Å². The summed E-state index contributed by atoms with van der Waals surface area (Å²) in [5, 5.41) is 3.57. The molecule has 0 aromatic carbocycles. The van der Waals surface area contributed by atoms with Gasteiger partial charge in [-0.05, 0) is 42.6 Å². The van der Waals surface area contributed by atoms with E-state index in [9.17, 15) is 4.79 Å². The Kier molecular flexibility index (Phi) is 2.41. The van der Waals surface area contributed by atoms with Crippen molar-refractivity contribution in [1.82, 2.24) is 10.2 Å². The topological polar surface area (TPSA) is 45.5 Å². The van der Waals surface area contributed by atoms with Gasteiger partial charge in [0.2, 0.25) is 0 Å². The smallest absolute Gasteiger partial charge is 0.289 e. The molecule has 0 radical (unpaired) electrons. The molecule has 2 fully saturated rings. The van der Waals surface area contributed by atoms with Gasteiger partial charge in [0, 0.05) is 19.1 Å². The van der Waals surface area contributed by atoms with Gasteiger partial charge in [0.15, 0.2) is 11.0 Å². The van der Waals surface area contributed by atoms with Crippen LogP contribution in [-0.4, -0.2) is 36.5 Å². The fourth-order valence-corrected chi connectivity index (χ4v) is 2.67. The van der Waals surface area contributed by atoms with Crippen LogP contribution in [0.4, 0.5) is 0 Å². The summed E-state index contributed by atoms with van der Waals surface area (Å²) < 4.78 is 5.14. The molecule has 0 spiro atoms. The predicted molar refractivity (Wildman–Crippen MR) is 59.5 cm³/mol. The van der Waals surface area contributed by atoms with Crippen LogP contribution in [0, 0.1) is 5.92 Å². The highest BCUT2D eigenvalue weighted by molar-refractivity contribution is 6.29. The Morgan fingerprint density at radius 2 is 2.44 bits per heavy atom. The van der Waals surface area contributed by atoms with Gasteiger partial charge in [0.05, 0.1) is 0 Å². The predicted octanol–water partition coefficient (Wildman–Crippen LogP) is 1.37. The van der Waals surface area contributed by atoms with Gasteiger partial charge in [-0.15, -0.1) is 0 Å². The fourth-order valence-electron chi connectivity index (χ4n) is 2.53. The summed E-state index contributed by atoms with van der Waals surface area (Å²) in [6.45, 7) is 2.81. The second-order valence-corrected chi connectivity index (χ2v) is 4.75. The lowest BCUT2D eigenvalue weighted by atomic mass is 9.83. The summed E-state index contributed by atoms with van der Waals surface area (Å²) in [5.74, 6) is 0.960. The lowest BCUT2D eigenvalue weighted by Crippen LogP contribution is -2.65. The molecule has 1 N–H and O–H groups in total. The van der Waals surface area contributed by atoms with Gasteiger partial charge in [-0.3, -0.25) is 4.79 Å². The molecule has 3 rings (SSSR count). The minimum Gasteiger partial charge on any atom is -0.440 e. The molecule has 4 nitrogen and oxygen atoms in total. The van der Waals surface area contributed by atoms with E-state index in [-0.39, 0.29) is 11.1 Å². The van der Waals surface area contributed by atoms with Gasteiger partial charge in [-0.1, -0.05) is 0 Å². The Hall–Kier alpha value is -1.00. The van der Waals surface area contributed by atoms with Gasteiger partial charge in [-0.25, -0.2) is 0 Å². The molecule has 2 aliphatic rings. The van der Waals surface area contributed by atoms with Gasteiger partial charge in [0.25, 0.3) is 5.91 Å². The Labute approximate surface area is 98.5 Å². The van der Waals surface area contributed by atoms with Crippen LogP contribution in [0.3, 0.4) is 0 Å². The quantitative estimate of drug-likeness (QED) is 0.807. The minimum atomic E-state index is -0.0446. The molecule has 0 bridgehead atoms. The van der Waals surface area contributed by atoms with E-state index in [0.717, 1.165) is 26.1 Å². The average Bonchev–Trinajstić information content (AvgIpc) is 2.67. The Bertz CT molecular complexity index is 418. The number of halogens is 1. The molecule has 0 saturated carbocycles. The molecule has 2 saturated heterocycles. The molecule has 2 aliphatic heterocycles. The van der Waals surface area contributed by atoms with Crippen LogP contribution < -0.4 is 5.32 Å². The highest BCUT2D eigenvalue weighted by Crippen LogP contribution is 2.31. The fraction of sp³-hybridized carbons (Fsp3) is 0.545. The number of carbonyl (C=O) groups excluding carboxylic acids is 1. The monoisotopic (exact) mass is 240 g/mol. The Morgan fingerprint density at radius 3 is 3.12 bits per heavy atom. The first kappa shape index (κ1) is 10.2. The molecule has 86 valence electrons. The van der Waals surface area contributed by atoms with Crippen molar-refractivity contribution >= 4 is 17.5 Å². The van der Waals surface area contributed by atoms with E-state index < -0.39 is 0 Å². The van der Waals surface area contributed by atoms with Crippen molar-refractivity contribution in [3.05, 3.63) is 23.1 Å². The van der Waals surface area contributed by atoms with E-state index in [1.807, 2.05) is 4.90 Å². The van der Waals surface area contributed by atoms with Crippen molar-refractivity contribution in [1.29, 1.82) is 0 Å². The minimum absolute atomic E-state index is 0.0446.